The number of rotatable bonds is 6. The average Bonchev–Trinajstić information content (AvgIpc) is 2.42. The molecule has 0 radical (unpaired) electrons. The van der Waals surface area contributed by atoms with Crippen molar-refractivity contribution in [1.82, 2.24) is 10.6 Å². The van der Waals surface area contributed by atoms with E-state index in [0.717, 1.165) is 5.56 Å². The lowest BCUT2D eigenvalue weighted by atomic mass is 10.2. The normalized spacial score (nSPS) is 11.7. The molecule has 4 N–H and O–H groups in total. The van der Waals surface area contributed by atoms with E-state index in [4.69, 9.17) is 9.88 Å². The van der Waals surface area contributed by atoms with Crippen LogP contribution in [0.2, 0.25) is 0 Å². The summed E-state index contributed by atoms with van der Waals surface area (Å²) in [5, 5.41) is 11.2. The molecule has 0 amide bonds. The van der Waals surface area contributed by atoms with Gasteiger partial charge >= 0.3 is 0 Å². The summed E-state index contributed by atoms with van der Waals surface area (Å²) in [6.07, 6.45) is 0. The van der Waals surface area contributed by atoms with Crippen LogP contribution in [0.25, 0.3) is 0 Å². The molecule has 0 aliphatic carbocycles. The van der Waals surface area contributed by atoms with E-state index in [0.29, 0.717) is 25.7 Å². The Labute approximate surface area is 142 Å². The molecule has 0 atom stereocenters. The number of hydrogen-bond donors (Lipinski definition) is 3. The number of aliphatic imine (C=N–C) groups is 1. The molecule has 0 unspecified atom stereocenters. The lowest BCUT2D eigenvalue weighted by Gasteiger charge is -2.11. The minimum atomic E-state index is -3.68. The highest BCUT2D eigenvalue weighted by Gasteiger charge is 2.07. The average molecular weight is 428 g/mol. The summed E-state index contributed by atoms with van der Waals surface area (Å²) in [6.45, 7) is 1.64. The van der Waals surface area contributed by atoms with Crippen molar-refractivity contribution in [3.05, 3.63) is 29.8 Å². The van der Waals surface area contributed by atoms with Crippen molar-refractivity contribution < 1.29 is 13.2 Å². The molecule has 7 nitrogen and oxygen atoms in total. The van der Waals surface area contributed by atoms with Crippen LogP contribution in [0.15, 0.2) is 34.2 Å². The second-order valence-corrected chi connectivity index (χ2v) is 5.60. The first-order chi connectivity index (χ1) is 9.47. The van der Waals surface area contributed by atoms with Gasteiger partial charge in [0, 0.05) is 27.2 Å². The predicted molar refractivity (Wildman–Crippen MR) is 93.3 cm³/mol. The third-order valence-corrected chi connectivity index (χ3v) is 3.42. The lowest BCUT2D eigenvalue weighted by Crippen LogP contribution is -2.38. The smallest absolute Gasteiger partial charge is 0.238 e. The second kappa shape index (κ2) is 9.92. The quantitative estimate of drug-likeness (QED) is 0.261. The highest BCUT2D eigenvalue weighted by Crippen LogP contribution is 2.09. The van der Waals surface area contributed by atoms with Crippen molar-refractivity contribution in [2.24, 2.45) is 10.1 Å². The van der Waals surface area contributed by atoms with Crippen LogP contribution in [0.1, 0.15) is 5.56 Å². The molecule has 1 aromatic carbocycles. The number of nitrogens with one attached hydrogen (secondary N) is 2. The maximum atomic E-state index is 11.3. The van der Waals surface area contributed by atoms with Crippen LogP contribution < -0.4 is 15.8 Å². The summed E-state index contributed by atoms with van der Waals surface area (Å²) in [4.78, 5) is 4.14. The number of ether oxygens (including phenoxy) is 1. The zero-order valence-electron chi connectivity index (χ0n) is 12.0. The maximum absolute atomic E-state index is 11.3. The highest BCUT2D eigenvalue weighted by molar-refractivity contribution is 14.0. The van der Waals surface area contributed by atoms with Crippen LogP contribution >= 0.6 is 24.0 Å². The molecule has 0 saturated carbocycles. The van der Waals surface area contributed by atoms with Crippen molar-refractivity contribution in [3.8, 4) is 0 Å². The van der Waals surface area contributed by atoms with Gasteiger partial charge in [0.15, 0.2) is 5.96 Å². The van der Waals surface area contributed by atoms with Crippen LogP contribution in [0.3, 0.4) is 0 Å². The van der Waals surface area contributed by atoms with E-state index in [1.165, 1.54) is 12.1 Å². The number of nitrogens with zero attached hydrogens (tertiary/aromatic N) is 1. The van der Waals surface area contributed by atoms with Crippen molar-refractivity contribution in [2.75, 3.05) is 27.3 Å². The van der Waals surface area contributed by atoms with Crippen molar-refractivity contribution in [2.45, 2.75) is 11.4 Å². The molecule has 0 spiro atoms. The van der Waals surface area contributed by atoms with Crippen LogP contribution in [0, 0.1) is 0 Å². The first-order valence-corrected chi connectivity index (χ1v) is 7.57. The standard InChI is InChI=1S/C12H20N4O3S.HI/c1-14-12(15-6-7-19-2)16-9-10-4-3-5-11(8-10)20(13,17)18;/h3-5,8H,6-7,9H2,1-2H3,(H2,13,17,18)(H2,14,15,16);1H. The molecule has 9 heteroatoms. The molecule has 0 aliphatic heterocycles. The molecule has 0 heterocycles. The zero-order valence-corrected chi connectivity index (χ0v) is 15.1. The second-order valence-electron chi connectivity index (χ2n) is 4.04. The van der Waals surface area contributed by atoms with Gasteiger partial charge in [0.25, 0.3) is 0 Å². The van der Waals surface area contributed by atoms with E-state index >= 15 is 0 Å². The molecular weight excluding hydrogens is 407 g/mol. The maximum Gasteiger partial charge on any atom is 0.238 e. The molecule has 0 fully saturated rings. The Bertz CT molecular complexity index is 563. The summed E-state index contributed by atoms with van der Waals surface area (Å²) < 4.78 is 27.4. The predicted octanol–water partition coefficient (Wildman–Crippen LogP) is 0.263. The van der Waals surface area contributed by atoms with Gasteiger partial charge in [0.05, 0.1) is 11.5 Å². The van der Waals surface area contributed by atoms with E-state index in [9.17, 15) is 8.42 Å². The van der Waals surface area contributed by atoms with Gasteiger partial charge < -0.3 is 15.4 Å². The van der Waals surface area contributed by atoms with Gasteiger partial charge in [-0.3, -0.25) is 4.99 Å². The molecule has 0 aromatic heterocycles. The van der Waals surface area contributed by atoms with E-state index in [2.05, 4.69) is 15.6 Å². The van der Waals surface area contributed by atoms with E-state index in [1.807, 2.05) is 6.07 Å². The molecule has 0 aliphatic rings. The number of halogens is 1. The van der Waals surface area contributed by atoms with Gasteiger partial charge in [-0.2, -0.15) is 0 Å². The Morgan fingerprint density at radius 3 is 2.67 bits per heavy atom. The number of benzene rings is 1. The largest absolute Gasteiger partial charge is 0.383 e. The van der Waals surface area contributed by atoms with Crippen molar-refractivity contribution >= 4 is 40.0 Å². The summed E-state index contributed by atoms with van der Waals surface area (Å²) >= 11 is 0. The third-order valence-electron chi connectivity index (χ3n) is 2.51. The topological polar surface area (TPSA) is 106 Å². The molecule has 0 bridgehead atoms. The summed E-state index contributed by atoms with van der Waals surface area (Å²) in [5.41, 5.74) is 0.797. The van der Waals surface area contributed by atoms with E-state index in [-0.39, 0.29) is 28.9 Å². The highest BCUT2D eigenvalue weighted by atomic mass is 127. The molecule has 1 aromatic rings. The Balaban J connectivity index is 0.00000400. The third kappa shape index (κ3) is 7.60. The Kier molecular flexibility index (Phi) is 9.49. The molecule has 21 heavy (non-hydrogen) atoms. The lowest BCUT2D eigenvalue weighted by molar-refractivity contribution is 0.203. The van der Waals surface area contributed by atoms with Crippen LogP contribution in [0.4, 0.5) is 0 Å². The van der Waals surface area contributed by atoms with Crippen LogP contribution in [-0.2, 0) is 21.3 Å². The first kappa shape index (κ1) is 20.1. The molecule has 120 valence electrons. The minimum absolute atomic E-state index is 0. The van der Waals surface area contributed by atoms with Gasteiger partial charge in [0.1, 0.15) is 0 Å². The minimum Gasteiger partial charge on any atom is -0.383 e. The van der Waals surface area contributed by atoms with Gasteiger partial charge in [-0.1, -0.05) is 12.1 Å². The van der Waals surface area contributed by atoms with Crippen molar-refractivity contribution in [1.29, 1.82) is 0 Å². The number of hydrogen-bond acceptors (Lipinski definition) is 4. The summed E-state index contributed by atoms with van der Waals surface area (Å²) in [5.74, 6) is 0.614. The number of nitrogens with two attached hydrogens (primary N) is 1. The number of guanidine groups is 1. The number of methoxy groups -OCH3 is 1. The summed E-state index contributed by atoms with van der Waals surface area (Å²) in [7, 11) is -0.400. The fourth-order valence-corrected chi connectivity index (χ4v) is 2.09. The first-order valence-electron chi connectivity index (χ1n) is 6.02. The monoisotopic (exact) mass is 428 g/mol. The van der Waals surface area contributed by atoms with Gasteiger partial charge in [-0.05, 0) is 17.7 Å². The van der Waals surface area contributed by atoms with Crippen LogP contribution in [-0.4, -0.2) is 41.7 Å². The fourth-order valence-electron chi connectivity index (χ4n) is 1.51. The summed E-state index contributed by atoms with van der Waals surface area (Å²) in [6, 6.07) is 6.46. The SMILES string of the molecule is CN=C(NCCOC)NCc1cccc(S(N)(=O)=O)c1.I. The Morgan fingerprint density at radius 2 is 2.10 bits per heavy atom. The Hall–Kier alpha value is -0.910. The van der Waals surface area contributed by atoms with E-state index < -0.39 is 10.0 Å². The zero-order chi connectivity index (χ0) is 15.0. The molecule has 1 rings (SSSR count). The Morgan fingerprint density at radius 1 is 1.38 bits per heavy atom. The van der Waals surface area contributed by atoms with Crippen LogP contribution in [0.5, 0.6) is 0 Å². The van der Waals surface area contributed by atoms with E-state index in [1.54, 1.807) is 20.2 Å². The number of sulfonamides is 1. The van der Waals surface area contributed by atoms with Gasteiger partial charge in [-0.25, -0.2) is 13.6 Å². The fraction of sp³-hybridized carbons (Fsp3) is 0.417. The number of primary sulfonamides is 1. The van der Waals surface area contributed by atoms with Gasteiger partial charge in [-0.15, -0.1) is 24.0 Å². The van der Waals surface area contributed by atoms with Crippen molar-refractivity contribution in [3.63, 3.8) is 0 Å². The molecule has 0 saturated heterocycles. The molecular formula is C12H21IN4O3S. The van der Waals surface area contributed by atoms with Gasteiger partial charge in [0.2, 0.25) is 10.0 Å².